The van der Waals surface area contributed by atoms with Gasteiger partial charge >= 0.3 is 0 Å². The van der Waals surface area contributed by atoms with Gasteiger partial charge in [0.05, 0.1) is 28.8 Å². The fraction of sp³-hybridized carbons (Fsp3) is 0.467. The number of hydrogen-bond donors (Lipinski definition) is 1. The van der Waals surface area contributed by atoms with Crippen molar-refractivity contribution in [2.75, 3.05) is 26.2 Å². The van der Waals surface area contributed by atoms with Crippen LogP contribution < -0.4 is 0 Å². The average molecular weight is 499 g/mol. The number of imidazole rings is 1. The van der Waals surface area contributed by atoms with E-state index in [1.54, 1.807) is 6.33 Å². The average Bonchev–Trinajstić information content (AvgIpc) is 3.39. The monoisotopic (exact) mass is 498 g/mol. The molecule has 0 aliphatic carbocycles. The summed E-state index contributed by atoms with van der Waals surface area (Å²) in [6.07, 6.45) is 8.88. The van der Waals surface area contributed by atoms with Crippen molar-refractivity contribution in [3.05, 3.63) is 70.8 Å². The molecule has 37 heavy (non-hydrogen) atoms. The summed E-state index contributed by atoms with van der Waals surface area (Å²) in [5.74, 6) is 0.532. The highest BCUT2D eigenvalue weighted by Crippen LogP contribution is 2.25. The van der Waals surface area contributed by atoms with E-state index in [0.29, 0.717) is 17.5 Å². The van der Waals surface area contributed by atoms with Crippen LogP contribution in [0.1, 0.15) is 60.3 Å². The lowest BCUT2D eigenvalue weighted by Gasteiger charge is -2.39. The van der Waals surface area contributed by atoms with E-state index in [1.165, 1.54) is 22.4 Å². The smallest absolute Gasteiger partial charge is 0.256 e. The van der Waals surface area contributed by atoms with E-state index in [9.17, 15) is 4.79 Å². The number of carbonyl (C=O) groups excluding carboxylic acids is 1. The zero-order valence-corrected chi connectivity index (χ0v) is 22.5. The minimum Gasteiger partial charge on any atom is -0.345 e. The van der Waals surface area contributed by atoms with Gasteiger partial charge in [-0.05, 0) is 67.9 Å². The number of aliphatic imine (C=N–C) groups is 1. The molecule has 7 heteroatoms. The maximum atomic E-state index is 13.4. The predicted molar refractivity (Wildman–Crippen MR) is 149 cm³/mol. The number of amides is 1. The zero-order valence-electron chi connectivity index (χ0n) is 22.5. The van der Waals surface area contributed by atoms with Crippen LogP contribution in [0.3, 0.4) is 0 Å². The van der Waals surface area contributed by atoms with Crippen LogP contribution in [0, 0.1) is 19.8 Å². The van der Waals surface area contributed by atoms with Crippen molar-refractivity contribution in [1.82, 2.24) is 24.8 Å². The van der Waals surface area contributed by atoms with Crippen LogP contribution in [0.25, 0.3) is 11.0 Å². The molecule has 2 aliphatic heterocycles. The number of nitrogens with one attached hydrogen (secondary N) is 1. The van der Waals surface area contributed by atoms with Crippen LogP contribution in [-0.2, 0) is 6.54 Å². The second-order valence-electron chi connectivity index (χ2n) is 10.7. The maximum Gasteiger partial charge on any atom is 0.256 e. The Hall–Kier alpha value is -3.32. The van der Waals surface area contributed by atoms with Crippen LogP contribution in [0.15, 0.2) is 53.4 Å². The first-order valence-electron chi connectivity index (χ1n) is 13.5. The first-order chi connectivity index (χ1) is 17.9. The number of rotatable bonds is 7. The number of likely N-dealkylation sites (tertiary alicyclic amines) is 1. The van der Waals surface area contributed by atoms with Crippen molar-refractivity contribution in [3.8, 4) is 0 Å². The Labute approximate surface area is 219 Å². The molecule has 1 fully saturated rings. The fourth-order valence-electron chi connectivity index (χ4n) is 5.69. The summed E-state index contributed by atoms with van der Waals surface area (Å²) >= 11 is 0. The molecule has 0 unspecified atom stereocenters. The number of carbonyl (C=O) groups is 1. The molecule has 0 saturated carbocycles. The maximum absolute atomic E-state index is 13.4. The lowest BCUT2D eigenvalue weighted by molar-refractivity contribution is 0.0628. The number of nitrogens with zero attached hydrogens (tertiary/aromatic N) is 5. The molecular formula is C30H38N6O. The number of aromatic nitrogens is 3. The Kier molecular flexibility index (Phi) is 7.51. The van der Waals surface area contributed by atoms with Gasteiger partial charge in [0.15, 0.2) is 0 Å². The SMILES string of the molecule is Cc1cnc(CN(CC2=NCCC=C2C(C)C)C2CCN(C(=O)c3cccc4[nH]cnc34)CC2)c(C)c1. The van der Waals surface area contributed by atoms with Gasteiger partial charge in [-0.3, -0.25) is 19.7 Å². The number of pyridine rings is 1. The van der Waals surface area contributed by atoms with E-state index in [-0.39, 0.29) is 5.91 Å². The first kappa shape index (κ1) is 25.3. The van der Waals surface area contributed by atoms with Gasteiger partial charge < -0.3 is 9.88 Å². The topological polar surface area (TPSA) is 77.5 Å². The predicted octanol–water partition coefficient (Wildman–Crippen LogP) is 5.11. The van der Waals surface area contributed by atoms with Gasteiger partial charge in [0.2, 0.25) is 0 Å². The van der Waals surface area contributed by atoms with E-state index in [4.69, 9.17) is 9.98 Å². The van der Waals surface area contributed by atoms with Crippen LogP contribution in [0.2, 0.25) is 0 Å². The van der Waals surface area contributed by atoms with Crippen LogP contribution >= 0.6 is 0 Å². The second kappa shape index (κ2) is 11.0. The number of piperidine rings is 1. The normalized spacial score (nSPS) is 17.0. The Morgan fingerprint density at radius 3 is 2.73 bits per heavy atom. The van der Waals surface area contributed by atoms with Crippen molar-refractivity contribution >= 4 is 22.7 Å². The summed E-state index contributed by atoms with van der Waals surface area (Å²) in [6.45, 7) is 12.7. The molecular weight excluding hydrogens is 460 g/mol. The molecule has 1 amide bonds. The lowest BCUT2D eigenvalue weighted by Crippen LogP contribution is -2.48. The van der Waals surface area contributed by atoms with Gasteiger partial charge in [0.25, 0.3) is 5.91 Å². The van der Waals surface area contributed by atoms with Gasteiger partial charge in [-0.15, -0.1) is 0 Å². The Morgan fingerprint density at radius 2 is 1.97 bits per heavy atom. The quantitative estimate of drug-likeness (QED) is 0.491. The summed E-state index contributed by atoms with van der Waals surface area (Å²) in [6, 6.07) is 8.35. The van der Waals surface area contributed by atoms with Gasteiger partial charge in [-0.1, -0.05) is 32.1 Å². The zero-order chi connectivity index (χ0) is 25.9. The summed E-state index contributed by atoms with van der Waals surface area (Å²) in [4.78, 5) is 35.2. The Balaban J connectivity index is 1.33. The van der Waals surface area contributed by atoms with Crippen LogP contribution in [-0.4, -0.2) is 68.6 Å². The largest absolute Gasteiger partial charge is 0.345 e. The molecule has 4 heterocycles. The minimum atomic E-state index is 0.0698. The molecule has 0 radical (unpaired) electrons. The molecule has 7 nitrogen and oxygen atoms in total. The third-order valence-corrected chi connectivity index (χ3v) is 7.73. The van der Waals surface area contributed by atoms with E-state index in [2.05, 4.69) is 54.7 Å². The third kappa shape index (κ3) is 5.52. The highest BCUT2D eigenvalue weighted by Gasteiger charge is 2.30. The van der Waals surface area contributed by atoms with Crippen LogP contribution in [0.5, 0.6) is 0 Å². The molecule has 0 spiro atoms. The van der Waals surface area contributed by atoms with E-state index >= 15 is 0 Å². The number of hydrogen-bond acceptors (Lipinski definition) is 5. The molecule has 194 valence electrons. The number of H-pyrrole nitrogens is 1. The number of dihydropyridines is 1. The highest BCUT2D eigenvalue weighted by atomic mass is 16.2. The second-order valence-corrected chi connectivity index (χ2v) is 10.7. The summed E-state index contributed by atoms with van der Waals surface area (Å²) < 4.78 is 0. The number of para-hydroxylation sites is 1. The Bertz CT molecular complexity index is 1330. The first-order valence-corrected chi connectivity index (χ1v) is 13.5. The summed E-state index contributed by atoms with van der Waals surface area (Å²) in [7, 11) is 0. The summed E-state index contributed by atoms with van der Waals surface area (Å²) in [5, 5.41) is 0. The molecule has 2 aromatic heterocycles. The number of aromatic amines is 1. The van der Waals surface area contributed by atoms with E-state index in [1.807, 2.05) is 29.3 Å². The van der Waals surface area contributed by atoms with Gasteiger partial charge in [0, 0.05) is 45.0 Å². The van der Waals surface area contributed by atoms with Gasteiger partial charge in [0.1, 0.15) is 5.52 Å². The fourth-order valence-corrected chi connectivity index (χ4v) is 5.69. The molecule has 3 aromatic rings. The molecule has 1 saturated heterocycles. The molecule has 2 aliphatic rings. The number of benzene rings is 1. The van der Waals surface area contributed by atoms with Crippen molar-refractivity contribution in [2.24, 2.45) is 10.9 Å². The van der Waals surface area contributed by atoms with Crippen molar-refractivity contribution in [3.63, 3.8) is 0 Å². The van der Waals surface area contributed by atoms with Gasteiger partial charge in [-0.2, -0.15) is 0 Å². The molecule has 0 atom stereocenters. The van der Waals surface area contributed by atoms with Crippen molar-refractivity contribution in [1.29, 1.82) is 0 Å². The lowest BCUT2D eigenvalue weighted by atomic mass is 9.93. The highest BCUT2D eigenvalue weighted by molar-refractivity contribution is 6.05. The van der Waals surface area contributed by atoms with Crippen molar-refractivity contribution < 1.29 is 4.79 Å². The molecule has 0 bridgehead atoms. The molecule has 1 aromatic carbocycles. The van der Waals surface area contributed by atoms with E-state index < -0.39 is 0 Å². The van der Waals surface area contributed by atoms with Crippen LogP contribution in [0.4, 0.5) is 0 Å². The molecule has 1 N–H and O–H groups in total. The van der Waals surface area contributed by atoms with Gasteiger partial charge in [-0.25, -0.2) is 4.98 Å². The summed E-state index contributed by atoms with van der Waals surface area (Å²) in [5.41, 5.74) is 8.47. The number of aryl methyl sites for hydroxylation is 2. The minimum absolute atomic E-state index is 0.0698. The van der Waals surface area contributed by atoms with E-state index in [0.717, 1.165) is 68.7 Å². The third-order valence-electron chi connectivity index (χ3n) is 7.73. The Morgan fingerprint density at radius 1 is 1.16 bits per heavy atom. The van der Waals surface area contributed by atoms with Crippen molar-refractivity contribution in [2.45, 2.75) is 59.5 Å². The molecule has 5 rings (SSSR count). The standard InChI is InChI=1S/C30H38N6O/c1-20(2)24-8-6-12-31-28(24)18-36(17-27-22(4)15-21(3)16-32-27)23-10-13-35(14-11-23)30(37)25-7-5-9-26-29(25)34-19-33-26/h5,7-9,15-16,19-20,23H,6,10-14,17-18H2,1-4H3,(H,33,34). The number of fused-ring (bicyclic) bond motifs is 1.